The van der Waals surface area contributed by atoms with Crippen molar-refractivity contribution in [3.05, 3.63) is 18.0 Å². The third-order valence-corrected chi connectivity index (χ3v) is 3.63. The highest BCUT2D eigenvalue weighted by atomic mass is 16.2. The summed E-state index contributed by atoms with van der Waals surface area (Å²) in [6.45, 7) is 7.82. The van der Waals surface area contributed by atoms with E-state index in [1.807, 2.05) is 22.7 Å². The number of carbonyl (C=O) groups is 1. The standard InChI is InChI=1S/C15H27N3O/c1-5-8-9-13(6-2)15(19)17(4)12-14-10-11-16-18(14)7-3/h10-11,13H,5-9,12H2,1-4H3/t13-/m0/s1. The summed E-state index contributed by atoms with van der Waals surface area (Å²) in [5.74, 6) is 0.433. The van der Waals surface area contributed by atoms with Gasteiger partial charge in [0.25, 0.3) is 0 Å². The number of hydrogen-bond acceptors (Lipinski definition) is 2. The molecule has 0 unspecified atom stereocenters. The van der Waals surface area contributed by atoms with E-state index in [1.54, 1.807) is 6.20 Å². The first-order valence-corrected chi connectivity index (χ1v) is 7.39. The molecule has 1 heterocycles. The van der Waals surface area contributed by atoms with Crippen molar-refractivity contribution in [2.45, 2.75) is 59.5 Å². The fourth-order valence-electron chi connectivity index (χ4n) is 2.36. The highest BCUT2D eigenvalue weighted by molar-refractivity contribution is 5.78. The van der Waals surface area contributed by atoms with Crippen molar-refractivity contribution in [2.75, 3.05) is 7.05 Å². The average Bonchev–Trinajstić information content (AvgIpc) is 2.86. The first kappa shape index (κ1) is 15.7. The highest BCUT2D eigenvalue weighted by Gasteiger charge is 2.20. The Kier molecular flexibility index (Phi) is 6.60. The van der Waals surface area contributed by atoms with Crippen LogP contribution in [0.15, 0.2) is 12.3 Å². The van der Waals surface area contributed by atoms with Gasteiger partial charge in [-0.1, -0.05) is 26.7 Å². The lowest BCUT2D eigenvalue weighted by molar-refractivity contribution is -0.135. The zero-order chi connectivity index (χ0) is 14.3. The molecule has 0 bridgehead atoms. The van der Waals surface area contributed by atoms with Gasteiger partial charge in [0.15, 0.2) is 0 Å². The number of aryl methyl sites for hydroxylation is 1. The van der Waals surface area contributed by atoms with Crippen molar-refractivity contribution in [2.24, 2.45) is 5.92 Å². The second-order valence-corrected chi connectivity index (χ2v) is 5.08. The zero-order valence-electron chi connectivity index (χ0n) is 12.7. The van der Waals surface area contributed by atoms with E-state index in [1.165, 1.54) is 0 Å². The molecule has 0 N–H and O–H groups in total. The third-order valence-electron chi connectivity index (χ3n) is 3.63. The molecule has 0 aliphatic heterocycles. The summed E-state index contributed by atoms with van der Waals surface area (Å²) in [7, 11) is 1.89. The Hall–Kier alpha value is -1.32. The van der Waals surface area contributed by atoms with Crippen LogP contribution >= 0.6 is 0 Å². The monoisotopic (exact) mass is 265 g/mol. The van der Waals surface area contributed by atoms with Gasteiger partial charge >= 0.3 is 0 Å². The van der Waals surface area contributed by atoms with Crippen LogP contribution in [0.25, 0.3) is 0 Å². The third kappa shape index (κ3) is 4.37. The minimum Gasteiger partial charge on any atom is -0.340 e. The maximum Gasteiger partial charge on any atom is 0.225 e. The van der Waals surface area contributed by atoms with Crippen LogP contribution in [-0.4, -0.2) is 27.6 Å². The smallest absolute Gasteiger partial charge is 0.225 e. The first-order valence-electron chi connectivity index (χ1n) is 7.39. The molecule has 0 aromatic carbocycles. The topological polar surface area (TPSA) is 38.1 Å². The molecular weight excluding hydrogens is 238 g/mol. The maximum absolute atomic E-state index is 12.4. The first-order chi connectivity index (χ1) is 9.13. The number of aromatic nitrogens is 2. The van der Waals surface area contributed by atoms with Gasteiger partial charge < -0.3 is 4.90 Å². The van der Waals surface area contributed by atoms with E-state index < -0.39 is 0 Å². The van der Waals surface area contributed by atoms with Crippen LogP contribution in [0.4, 0.5) is 0 Å². The van der Waals surface area contributed by atoms with Gasteiger partial charge in [0, 0.05) is 25.7 Å². The molecule has 0 spiro atoms. The average molecular weight is 265 g/mol. The van der Waals surface area contributed by atoms with Gasteiger partial charge in [-0.05, 0) is 25.8 Å². The lowest BCUT2D eigenvalue weighted by Crippen LogP contribution is -2.33. The van der Waals surface area contributed by atoms with E-state index >= 15 is 0 Å². The van der Waals surface area contributed by atoms with Crippen molar-refractivity contribution >= 4 is 5.91 Å². The predicted molar refractivity (Wildman–Crippen MR) is 77.7 cm³/mol. The van der Waals surface area contributed by atoms with E-state index in [0.29, 0.717) is 6.54 Å². The number of nitrogens with zero attached hydrogens (tertiary/aromatic N) is 3. The maximum atomic E-state index is 12.4. The molecule has 0 saturated carbocycles. The normalized spacial score (nSPS) is 12.4. The Bertz CT molecular complexity index is 386. The molecule has 4 heteroatoms. The quantitative estimate of drug-likeness (QED) is 0.724. The number of amides is 1. The van der Waals surface area contributed by atoms with Gasteiger partial charge in [0.2, 0.25) is 5.91 Å². The van der Waals surface area contributed by atoms with Crippen molar-refractivity contribution in [3.63, 3.8) is 0 Å². The molecule has 1 aromatic rings. The molecule has 0 fully saturated rings. The lowest BCUT2D eigenvalue weighted by Gasteiger charge is -2.23. The van der Waals surface area contributed by atoms with Crippen molar-refractivity contribution < 1.29 is 4.79 Å². The van der Waals surface area contributed by atoms with E-state index in [2.05, 4.69) is 25.9 Å². The number of unbranched alkanes of at least 4 members (excludes halogenated alkanes) is 1. The van der Waals surface area contributed by atoms with Gasteiger partial charge in [-0.15, -0.1) is 0 Å². The summed E-state index contributed by atoms with van der Waals surface area (Å²) < 4.78 is 1.94. The Balaban J connectivity index is 2.60. The minimum atomic E-state index is 0.169. The molecule has 1 rings (SSSR count). The number of carbonyl (C=O) groups excluding carboxylic acids is 1. The van der Waals surface area contributed by atoms with Gasteiger partial charge in [0.1, 0.15) is 0 Å². The van der Waals surface area contributed by atoms with Crippen LogP contribution in [0.3, 0.4) is 0 Å². The molecule has 0 radical (unpaired) electrons. The highest BCUT2D eigenvalue weighted by Crippen LogP contribution is 2.16. The Morgan fingerprint density at radius 2 is 2.16 bits per heavy atom. The molecule has 19 heavy (non-hydrogen) atoms. The van der Waals surface area contributed by atoms with E-state index in [0.717, 1.165) is 37.9 Å². The fraction of sp³-hybridized carbons (Fsp3) is 0.733. The molecule has 0 aliphatic rings. The SMILES string of the molecule is CCCC[C@H](CC)C(=O)N(C)Cc1ccnn1CC. The largest absolute Gasteiger partial charge is 0.340 e. The van der Waals surface area contributed by atoms with Crippen molar-refractivity contribution in [1.29, 1.82) is 0 Å². The summed E-state index contributed by atoms with van der Waals surface area (Å²) in [5, 5.41) is 4.24. The van der Waals surface area contributed by atoms with E-state index in [4.69, 9.17) is 0 Å². The fourth-order valence-corrected chi connectivity index (χ4v) is 2.36. The van der Waals surface area contributed by atoms with Crippen molar-refractivity contribution in [3.8, 4) is 0 Å². The van der Waals surface area contributed by atoms with Crippen LogP contribution in [0.2, 0.25) is 0 Å². The van der Waals surface area contributed by atoms with Gasteiger partial charge in [-0.3, -0.25) is 9.48 Å². The predicted octanol–water partition coefficient (Wildman–Crippen LogP) is 3.08. The Morgan fingerprint density at radius 1 is 1.42 bits per heavy atom. The number of rotatable bonds is 8. The molecule has 1 amide bonds. The van der Waals surface area contributed by atoms with Gasteiger partial charge in [-0.2, -0.15) is 5.10 Å². The molecule has 4 nitrogen and oxygen atoms in total. The van der Waals surface area contributed by atoms with Crippen LogP contribution in [-0.2, 0) is 17.9 Å². The molecule has 0 aliphatic carbocycles. The number of hydrogen-bond donors (Lipinski definition) is 0. The lowest BCUT2D eigenvalue weighted by atomic mass is 9.98. The van der Waals surface area contributed by atoms with Crippen molar-refractivity contribution in [1.82, 2.24) is 14.7 Å². The second-order valence-electron chi connectivity index (χ2n) is 5.08. The molecule has 1 atom stereocenters. The summed E-state index contributed by atoms with van der Waals surface area (Å²) in [6.07, 6.45) is 6.01. The van der Waals surface area contributed by atoms with E-state index in [-0.39, 0.29) is 11.8 Å². The Labute approximate surface area is 116 Å². The summed E-state index contributed by atoms with van der Waals surface area (Å²) in [6, 6.07) is 1.99. The molecule has 1 aromatic heterocycles. The van der Waals surface area contributed by atoms with Crippen LogP contribution in [0, 0.1) is 5.92 Å². The van der Waals surface area contributed by atoms with Gasteiger partial charge in [-0.25, -0.2) is 0 Å². The molecule has 0 saturated heterocycles. The summed E-state index contributed by atoms with van der Waals surface area (Å²) >= 11 is 0. The molecule has 108 valence electrons. The zero-order valence-corrected chi connectivity index (χ0v) is 12.7. The molecular formula is C15H27N3O. The summed E-state index contributed by atoms with van der Waals surface area (Å²) in [5.41, 5.74) is 1.10. The second kappa shape index (κ2) is 7.97. The van der Waals surface area contributed by atoms with Crippen LogP contribution < -0.4 is 0 Å². The Morgan fingerprint density at radius 3 is 2.74 bits per heavy atom. The van der Waals surface area contributed by atoms with Crippen LogP contribution in [0.5, 0.6) is 0 Å². The summed E-state index contributed by atoms with van der Waals surface area (Å²) in [4.78, 5) is 14.2. The van der Waals surface area contributed by atoms with Crippen LogP contribution in [0.1, 0.15) is 52.1 Å². The van der Waals surface area contributed by atoms with E-state index in [9.17, 15) is 4.79 Å². The van der Waals surface area contributed by atoms with Gasteiger partial charge in [0.05, 0.1) is 12.2 Å². The minimum absolute atomic E-state index is 0.169.